The average molecular weight is 431 g/mol. The number of fused-ring (bicyclic) bond motifs is 4. The van der Waals surface area contributed by atoms with Crippen molar-refractivity contribution in [1.29, 1.82) is 0 Å². The van der Waals surface area contributed by atoms with E-state index in [4.69, 9.17) is 0 Å². The monoisotopic (exact) mass is 431 g/mol. The number of rotatable bonds is 3. The van der Waals surface area contributed by atoms with Crippen LogP contribution in [-0.2, 0) is 26.3 Å². The van der Waals surface area contributed by atoms with Gasteiger partial charge in [0.25, 0.3) is 0 Å². The topological polar surface area (TPSA) is 98.7 Å². The van der Waals surface area contributed by atoms with E-state index >= 15 is 0 Å². The fourth-order valence-corrected chi connectivity index (χ4v) is 6.36. The standard InChI is InChI=1S/C25H25N3O4/c29-16-11-9-14(10-12-16)13-19-20-21(23(31)28(22(20)30)15-5-1-2-6-15)25(27-19)17-7-3-4-8-18(17)26-24(25)32/h3-4,7-12,15,19-21,27,29H,1-2,5-6,13H2,(H,26,32)/t19-,20-,21+,25-/m1/s1. The third-order valence-electron chi connectivity index (χ3n) is 7.74. The molecule has 1 aliphatic carbocycles. The Hall–Kier alpha value is -3.19. The van der Waals surface area contributed by atoms with Gasteiger partial charge in [-0.05, 0) is 43.0 Å². The summed E-state index contributed by atoms with van der Waals surface area (Å²) in [6, 6.07) is 13.8. The highest BCUT2D eigenvalue weighted by Crippen LogP contribution is 2.54. The van der Waals surface area contributed by atoms with Gasteiger partial charge in [-0.1, -0.05) is 43.2 Å². The molecule has 1 spiro atoms. The average Bonchev–Trinajstić information content (AvgIpc) is 3.52. The highest BCUT2D eigenvalue weighted by Gasteiger charge is 2.70. The van der Waals surface area contributed by atoms with Crippen molar-refractivity contribution in [2.75, 3.05) is 5.32 Å². The Kier molecular flexibility index (Phi) is 4.21. The Morgan fingerprint density at radius 3 is 2.44 bits per heavy atom. The van der Waals surface area contributed by atoms with Gasteiger partial charge in [0.2, 0.25) is 17.7 Å². The predicted molar refractivity (Wildman–Crippen MR) is 117 cm³/mol. The van der Waals surface area contributed by atoms with Crippen molar-refractivity contribution in [2.45, 2.75) is 49.7 Å². The molecule has 0 bridgehead atoms. The van der Waals surface area contributed by atoms with Crippen LogP contribution in [-0.4, -0.2) is 39.8 Å². The molecule has 164 valence electrons. The molecular formula is C25H25N3O4. The van der Waals surface area contributed by atoms with Gasteiger partial charge in [0, 0.05) is 23.3 Å². The minimum atomic E-state index is -1.25. The minimum Gasteiger partial charge on any atom is -0.508 e. The van der Waals surface area contributed by atoms with Gasteiger partial charge in [0.05, 0.1) is 11.8 Å². The molecule has 3 heterocycles. The summed E-state index contributed by atoms with van der Waals surface area (Å²) >= 11 is 0. The number of phenols is 1. The number of anilines is 1. The largest absolute Gasteiger partial charge is 0.508 e. The molecule has 3 aliphatic heterocycles. The Morgan fingerprint density at radius 1 is 0.969 bits per heavy atom. The van der Waals surface area contributed by atoms with E-state index in [1.807, 2.05) is 36.4 Å². The summed E-state index contributed by atoms with van der Waals surface area (Å²) in [5, 5.41) is 16.0. The van der Waals surface area contributed by atoms with Crippen LogP contribution in [0.5, 0.6) is 5.75 Å². The fraction of sp³-hybridized carbons (Fsp3) is 0.400. The molecule has 3 fully saturated rings. The second-order valence-electron chi connectivity index (χ2n) is 9.42. The lowest BCUT2D eigenvalue weighted by Crippen LogP contribution is -2.54. The third kappa shape index (κ3) is 2.54. The van der Waals surface area contributed by atoms with E-state index in [0.29, 0.717) is 12.1 Å². The minimum absolute atomic E-state index is 0.0633. The number of phenolic OH excluding ortho intramolecular Hbond substituents is 1. The van der Waals surface area contributed by atoms with Crippen molar-refractivity contribution in [3.63, 3.8) is 0 Å². The molecule has 4 aliphatic rings. The number of imide groups is 1. The first kappa shape index (κ1) is 19.5. The maximum absolute atomic E-state index is 13.8. The van der Waals surface area contributed by atoms with Crippen LogP contribution in [0.3, 0.4) is 0 Å². The van der Waals surface area contributed by atoms with Gasteiger partial charge in [-0.2, -0.15) is 0 Å². The summed E-state index contributed by atoms with van der Waals surface area (Å²) in [6.07, 6.45) is 4.18. The number of nitrogens with one attached hydrogen (secondary N) is 2. The van der Waals surface area contributed by atoms with Crippen molar-refractivity contribution in [1.82, 2.24) is 10.2 Å². The van der Waals surface area contributed by atoms with E-state index < -0.39 is 17.4 Å². The predicted octanol–water partition coefficient (Wildman–Crippen LogP) is 2.30. The molecule has 0 aromatic heterocycles. The Labute approximate surface area is 185 Å². The SMILES string of the molecule is O=C1[C@H]2[C@@H](C(=O)N1C1CCCC1)[C@@]1(N[C@@H]2Cc2ccc(O)cc2)C(=O)Nc2ccccc21. The highest BCUT2D eigenvalue weighted by molar-refractivity contribution is 6.15. The van der Waals surface area contributed by atoms with Gasteiger partial charge in [-0.15, -0.1) is 0 Å². The molecule has 7 heteroatoms. The zero-order valence-electron chi connectivity index (χ0n) is 17.6. The van der Waals surface area contributed by atoms with Crippen LogP contribution in [0.25, 0.3) is 0 Å². The highest BCUT2D eigenvalue weighted by atomic mass is 16.3. The van der Waals surface area contributed by atoms with E-state index in [-0.39, 0.29) is 35.6 Å². The fourth-order valence-electron chi connectivity index (χ4n) is 6.36. The maximum atomic E-state index is 13.8. The van der Waals surface area contributed by atoms with Crippen molar-refractivity contribution >= 4 is 23.4 Å². The second kappa shape index (κ2) is 6.90. The zero-order valence-corrected chi connectivity index (χ0v) is 17.6. The van der Waals surface area contributed by atoms with Gasteiger partial charge in [0.1, 0.15) is 11.3 Å². The molecule has 0 unspecified atom stereocenters. The number of amides is 3. The number of likely N-dealkylation sites (tertiary alicyclic amines) is 1. The van der Waals surface area contributed by atoms with Crippen molar-refractivity contribution < 1.29 is 19.5 Å². The van der Waals surface area contributed by atoms with Gasteiger partial charge in [-0.3, -0.25) is 24.6 Å². The number of carbonyl (C=O) groups excluding carboxylic acids is 3. The maximum Gasteiger partial charge on any atom is 0.250 e. The summed E-state index contributed by atoms with van der Waals surface area (Å²) in [6.45, 7) is 0. The first-order valence-corrected chi connectivity index (χ1v) is 11.3. The van der Waals surface area contributed by atoms with E-state index in [2.05, 4.69) is 10.6 Å². The normalized spacial score (nSPS) is 31.4. The van der Waals surface area contributed by atoms with E-state index in [1.165, 1.54) is 4.90 Å². The molecule has 3 amide bonds. The van der Waals surface area contributed by atoms with Gasteiger partial charge < -0.3 is 10.4 Å². The molecule has 7 nitrogen and oxygen atoms in total. The molecule has 2 aromatic rings. The third-order valence-corrected chi connectivity index (χ3v) is 7.74. The van der Waals surface area contributed by atoms with Crippen molar-refractivity contribution in [3.8, 4) is 5.75 Å². The first-order chi connectivity index (χ1) is 15.5. The molecule has 2 saturated heterocycles. The number of para-hydroxylation sites is 1. The molecule has 0 radical (unpaired) electrons. The summed E-state index contributed by atoms with van der Waals surface area (Å²) < 4.78 is 0. The quantitative estimate of drug-likeness (QED) is 0.648. The van der Waals surface area contributed by atoms with Crippen molar-refractivity contribution in [2.24, 2.45) is 11.8 Å². The Balaban J connectivity index is 1.46. The zero-order chi connectivity index (χ0) is 22.0. The number of aromatic hydroxyl groups is 1. The smallest absolute Gasteiger partial charge is 0.250 e. The Bertz CT molecular complexity index is 1120. The van der Waals surface area contributed by atoms with Crippen LogP contribution >= 0.6 is 0 Å². The molecule has 1 saturated carbocycles. The van der Waals surface area contributed by atoms with Crippen LogP contribution < -0.4 is 10.6 Å². The van der Waals surface area contributed by atoms with Crippen LogP contribution in [0.15, 0.2) is 48.5 Å². The number of hydrogen-bond acceptors (Lipinski definition) is 5. The number of benzene rings is 2. The number of nitrogens with zero attached hydrogens (tertiary/aromatic N) is 1. The van der Waals surface area contributed by atoms with Crippen LogP contribution in [0.1, 0.15) is 36.8 Å². The molecule has 32 heavy (non-hydrogen) atoms. The molecule has 3 N–H and O–H groups in total. The van der Waals surface area contributed by atoms with Gasteiger partial charge in [-0.25, -0.2) is 0 Å². The summed E-state index contributed by atoms with van der Waals surface area (Å²) in [5.74, 6) is -1.84. The van der Waals surface area contributed by atoms with E-state index in [9.17, 15) is 19.5 Å². The van der Waals surface area contributed by atoms with Gasteiger partial charge >= 0.3 is 0 Å². The van der Waals surface area contributed by atoms with E-state index in [1.54, 1.807) is 12.1 Å². The van der Waals surface area contributed by atoms with Crippen LogP contribution in [0.4, 0.5) is 5.69 Å². The molecule has 2 aromatic carbocycles. The summed E-state index contributed by atoms with van der Waals surface area (Å²) in [5.41, 5.74) is 1.11. The van der Waals surface area contributed by atoms with Crippen LogP contribution in [0, 0.1) is 11.8 Å². The van der Waals surface area contributed by atoms with E-state index in [0.717, 1.165) is 36.8 Å². The van der Waals surface area contributed by atoms with Crippen LogP contribution in [0.2, 0.25) is 0 Å². The van der Waals surface area contributed by atoms with Crippen molar-refractivity contribution in [3.05, 3.63) is 59.7 Å². The summed E-state index contributed by atoms with van der Waals surface area (Å²) in [7, 11) is 0. The molecular weight excluding hydrogens is 406 g/mol. The molecule has 6 rings (SSSR count). The lowest BCUT2D eigenvalue weighted by Gasteiger charge is -2.31. The first-order valence-electron chi connectivity index (χ1n) is 11.3. The number of hydrogen-bond donors (Lipinski definition) is 3. The summed E-state index contributed by atoms with van der Waals surface area (Å²) in [4.78, 5) is 42.4. The molecule has 4 atom stereocenters. The second-order valence-corrected chi connectivity index (χ2v) is 9.42. The lowest BCUT2D eigenvalue weighted by molar-refractivity contribution is -0.145. The lowest BCUT2D eigenvalue weighted by atomic mass is 9.76. The number of carbonyl (C=O) groups is 3. The van der Waals surface area contributed by atoms with Gasteiger partial charge in [0.15, 0.2) is 0 Å². The Morgan fingerprint density at radius 2 is 1.69 bits per heavy atom.